The Balaban J connectivity index is 1.68. The fraction of sp³-hybridized carbons (Fsp3) is 0.0455. The fourth-order valence-corrected chi connectivity index (χ4v) is 3.07. The number of nitrogens with one attached hydrogen (secondary N) is 1. The summed E-state index contributed by atoms with van der Waals surface area (Å²) in [6.07, 6.45) is 4.83. The Hall–Kier alpha value is -3.80. The summed E-state index contributed by atoms with van der Waals surface area (Å²) in [5.74, 6) is -0.236. The number of pyridine rings is 2. The van der Waals surface area contributed by atoms with Crippen LogP contribution in [-0.4, -0.2) is 15.9 Å². The minimum Gasteiger partial charge on any atom is -0.383 e. The highest BCUT2D eigenvalue weighted by atomic mass is 19.1. The number of rotatable bonds is 4. The summed E-state index contributed by atoms with van der Waals surface area (Å²) in [6, 6.07) is 15.5. The molecule has 1 amide bonds. The number of fused-ring (bicyclic) bond motifs is 1. The van der Waals surface area contributed by atoms with E-state index >= 15 is 0 Å². The predicted molar refractivity (Wildman–Crippen MR) is 107 cm³/mol. The lowest BCUT2D eigenvalue weighted by atomic mass is 9.99. The highest BCUT2D eigenvalue weighted by molar-refractivity contribution is 6.09. The lowest BCUT2D eigenvalue weighted by molar-refractivity contribution is 0.0952. The molecule has 2 aromatic carbocycles. The molecule has 5 nitrogen and oxygen atoms in total. The van der Waals surface area contributed by atoms with Crippen LogP contribution in [0.15, 0.2) is 73.2 Å². The molecule has 0 radical (unpaired) electrons. The molecule has 0 saturated heterocycles. The summed E-state index contributed by atoms with van der Waals surface area (Å²) in [7, 11) is 0. The second-order valence-corrected chi connectivity index (χ2v) is 6.37. The van der Waals surface area contributed by atoms with Gasteiger partial charge < -0.3 is 11.1 Å². The SMILES string of the molecule is Nc1ncc(C(=O)NCc2ccncc2)c2ccc(-c3cccc(F)c3)cc12. The Labute approximate surface area is 161 Å². The van der Waals surface area contributed by atoms with Gasteiger partial charge >= 0.3 is 0 Å². The minimum atomic E-state index is -0.312. The second-order valence-electron chi connectivity index (χ2n) is 6.37. The van der Waals surface area contributed by atoms with E-state index in [2.05, 4.69) is 15.3 Å². The molecule has 6 heteroatoms. The van der Waals surface area contributed by atoms with Gasteiger partial charge in [0, 0.05) is 30.5 Å². The first-order valence-electron chi connectivity index (χ1n) is 8.73. The van der Waals surface area contributed by atoms with Gasteiger partial charge in [-0.2, -0.15) is 0 Å². The number of nitrogen functional groups attached to an aromatic ring is 1. The van der Waals surface area contributed by atoms with Crippen molar-refractivity contribution in [2.24, 2.45) is 0 Å². The van der Waals surface area contributed by atoms with E-state index in [1.54, 1.807) is 18.5 Å². The molecule has 3 N–H and O–H groups in total. The average Bonchev–Trinajstić information content (AvgIpc) is 2.73. The van der Waals surface area contributed by atoms with E-state index in [1.165, 1.54) is 18.3 Å². The molecular weight excluding hydrogens is 355 g/mol. The van der Waals surface area contributed by atoms with Gasteiger partial charge in [0.2, 0.25) is 0 Å². The van der Waals surface area contributed by atoms with Crippen molar-refractivity contribution in [2.75, 3.05) is 5.73 Å². The number of carbonyl (C=O) groups is 1. The number of nitrogens with two attached hydrogens (primary N) is 1. The maximum atomic E-state index is 13.5. The van der Waals surface area contributed by atoms with E-state index < -0.39 is 0 Å². The van der Waals surface area contributed by atoms with Crippen LogP contribution in [0.1, 0.15) is 15.9 Å². The van der Waals surface area contributed by atoms with E-state index in [0.717, 1.165) is 16.7 Å². The number of nitrogens with zero attached hydrogens (tertiary/aromatic N) is 2. The molecule has 2 heterocycles. The predicted octanol–water partition coefficient (Wildman–Crippen LogP) is 3.95. The van der Waals surface area contributed by atoms with Gasteiger partial charge in [0.15, 0.2) is 0 Å². The van der Waals surface area contributed by atoms with Crippen molar-refractivity contribution in [1.82, 2.24) is 15.3 Å². The zero-order valence-electron chi connectivity index (χ0n) is 14.9. The molecule has 0 aliphatic rings. The molecule has 0 atom stereocenters. The first kappa shape index (κ1) is 17.6. The minimum absolute atomic E-state index is 0.243. The summed E-state index contributed by atoms with van der Waals surface area (Å²) < 4.78 is 13.5. The van der Waals surface area contributed by atoms with Gasteiger partial charge in [-0.3, -0.25) is 9.78 Å². The monoisotopic (exact) mass is 372 g/mol. The second kappa shape index (κ2) is 7.44. The number of anilines is 1. The molecule has 0 fully saturated rings. The van der Waals surface area contributed by atoms with Gasteiger partial charge in [-0.05, 0) is 52.4 Å². The van der Waals surface area contributed by atoms with E-state index in [1.807, 2.05) is 36.4 Å². The van der Waals surface area contributed by atoms with Crippen molar-refractivity contribution in [2.45, 2.75) is 6.54 Å². The summed E-state index contributed by atoms with van der Waals surface area (Å²) in [5.41, 5.74) is 8.96. The molecule has 0 aliphatic carbocycles. The van der Waals surface area contributed by atoms with Gasteiger partial charge in [0.05, 0.1) is 5.56 Å². The normalized spacial score (nSPS) is 10.8. The van der Waals surface area contributed by atoms with Crippen LogP contribution in [0.4, 0.5) is 10.2 Å². The smallest absolute Gasteiger partial charge is 0.253 e. The van der Waals surface area contributed by atoms with Crippen molar-refractivity contribution in [3.05, 3.63) is 90.1 Å². The number of aromatic nitrogens is 2. The third-order valence-electron chi connectivity index (χ3n) is 4.52. The molecule has 4 aromatic rings. The lowest BCUT2D eigenvalue weighted by Crippen LogP contribution is -2.23. The largest absolute Gasteiger partial charge is 0.383 e. The number of halogens is 1. The van der Waals surface area contributed by atoms with Crippen molar-refractivity contribution in [3.8, 4) is 11.1 Å². The summed E-state index contributed by atoms with van der Waals surface area (Å²) >= 11 is 0. The Morgan fingerprint density at radius 3 is 2.57 bits per heavy atom. The first-order valence-corrected chi connectivity index (χ1v) is 8.73. The molecular formula is C22H17FN4O. The Kier molecular flexibility index (Phi) is 4.68. The maximum Gasteiger partial charge on any atom is 0.253 e. The van der Waals surface area contributed by atoms with E-state index in [-0.39, 0.29) is 11.7 Å². The third-order valence-corrected chi connectivity index (χ3v) is 4.52. The van der Waals surface area contributed by atoms with E-state index in [0.29, 0.717) is 28.7 Å². The lowest BCUT2D eigenvalue weighted by Gasteiger charge is -2.11. The molecule has 0 bridgehead atoms. The molecule has 138 valence electrons. The Bertz CT molecular complexity index is 1160. The van der Waals surface area contributed by atoms with Crippen molar-refractivity contribution < 1.29 is 9.18 Å². The van der Waals surface area contributed by atoms with Crippen LogP contribution in [0.2, 0.25) is 0 Å². The first-order chi connectivity index (χ1) is 13.6. The summed E-state index contributed by atoms with van der Waals surface area (Å²) in [4.78, 5) is 20.8. The van der Waals surface area contributed by atoms with Crippen LogP contribution < -0.4 is 11.1 Å². The average molecular weight is 372 g/mol. The van der Waals surface area contributed by atoms with Crippen molar-refractivity contribution in [3.63, 3.8) is 0 Å². The number of amides is 1. The zero-order chi connectivity index (χ0) is 19.5. The summed E-state index contributed by atoms with van der Waals surface area (Å²) in [5, 5.41) is 4.23. The number of carbonyl (C=O) groups excluding carboxylic acids is 1. The zero-order valence-corrected chi connectivity index (χ0v) is 14.9. The van der Waals surface area contributed by atoms with Gasteiger partial charge in [-0.15, -0.1) is 0 Å². The highest BCUT2D eigenvalue weighted by Crippen LogP contribution is 2.29. The van der Waals surface area contributed by atoms with E-state index in [4.69, 9.17) is 5.73 Å². The molecule has 28 heavy (non-hydrogen) atoms. The standard InChI is InChI=1S/C22H17FN4O/c23-17-3-1-2-15(10-17)16-4-5-18-19(11-16)21(24)26-13-20(18)22(28)27-12-14-6-8-25-9-7-14/h1-11,13H,12H2,(H2,24,26)(H,27,28). The van der Waals surface area contributed by atoms with Crippen LogP contribution in [0, 0.1) is 5.82 Å². The van der Waals surface area contributed by atoms with Crippen LogP contribution in [0.25, 0.3) is 21.9 Å². The van der Waals surface area contributed by atoms with Gasteiger partial charge in [0.25, 0.3) is 5.91 Å². The molecule has 0 saturated carbocycles. The van der Waals surface area contributed by atoms with Crippen LogP contribution in [0.3, 0.4) is 0 Å². The van der Waals surface area contributed by atoms with Crippen molar-refractivity contribution in [1.29, 1.82) is 0 Å². The topological polar surface area (TPSA) is 80.9 Å². The number of benzene rings is 2. The maximum absolute atomic E-state index is 13.5. The van der Waals surface area contributed by atoms with Crippen molar-refractivity contribution >= 4 is 22.5 Å². The molecule has 0 unspecified atom stereocenters. The Morgan fingerprint density at radius 1 is 1.00 bits per heavy atom. The highest BCUT2D eigenvalue weighted by Gasteiger charge is 2.14. The van der Waals surface area contributed by atoms with Gasteiger partial charge in [0.1, 0.15) is 11.6 Å². The molecule has 0 aliphatic heterocycles. The number of hydrogen-bond acceptors (Lipinski definition) is 4. The molecule has 0 spiro atoms. The van der Waals surface area contributed by atoms with Gasteiger partial charge in [-0.1, -0.05) is 24.3 Å². The number of hydrogen-bond donors (Lipinski definition) is 2. The molecule has 2 aromatic heterocycles. The van der Waals surface area contributed by atoms with Crippen LogP contribution >= 0.6 is 0 Å². The summed E-state index contributed by atoms with van der Waals surface area (Å²) in [6.45, 7) is 0.384. The van der Waals surface area contributed by atoms with Crippen LogP contribution in [0.5, 0.6) is 0 Å². The fourth-order valence-electron chi connectivity index (χ4n) is 3.07. The Morgan fingerprint density at radius 2 is 1.79 bits per heavy atom. The quantitative estimate of drug-likeness (QED) is 0.568. The molecule has 4 rings (SSSR count). The van der Waals surface area contributed by atoms with Gasteiger partial charge in [-0.25, -0.2) is 9.37 Å². The van der Waals surface area contributed by atoms with E-state index in [9.17, 15) is 9.18 Å². The van der Waals surface area contributed by atoms with Crippen LogP contribution in [-0.2, 0) is 6.54 Å². The third kappa shape index (κ3) is 3.53.